The number of ether oxygens (including phenoxy) is 1. The molecule has 0 aromatic heterocycles. The Hall–Kier alpha value is -1.41. The van der Waals surface area contributed by atoms with Gasteiger partial charge in [-0.25, -0.2) is 0 Å². The molecule has 0 aliphatic rings. The number of hydrogen-bond donors (Lipinski definition) is 0. The molecule has 0 radical (unpaired) electrons. The maximum atomic E-state index is 5.04. The second kappa shape index (κ2) is 8.70. The summed E-state index contributed by atoms with van der Waals surface area (Å²) in [7, 11) is 1.67. The molecule has 0 aliphatic heterocycles. The number of benzene rings is 2. The zero-order valence-corrected chi connectivity index (χ0v) is 13.8. The van der Waals surface area contributed by atoms with Gasteiger partial charge in [0, 0.05) is 0 Å². The molecule has 0 unspecified atom stereocenters. The number of allylic oxidation sites excluding steroid dienone is 2. The first kappa shape index (κ1) is 15.0. The van der Waals surface area contributed by atoms with Crippen LogP contribution >= 0.6 is 11.8 Å². The van der Waals surface area contributed by atoms with Gasteiger partial charge >= 0.3 is 131 Å². The van der Waals surface area contributed by atoms with E-state index < -0.39 is 0 Å². The van der Waals surface area contributed by atoms with Crippen LogP contribution in [0.5, 0.6) is 0 Å². The molecule has 3 heteroatoms. The molecular weight excluding hydrogens is 331 g/mol. The predicted molar refractivity (Wildman–Crippen MR) is 88.4 cm³/mol. The van der Waals surface area contributed by atoms with Crippen molar-refractivity contribution in [1.29, 1.82) is 0 Å². The molecular formula is C17H16OSSe. The molecule has 0 spiro atoms. The topological polar surface area (TPSA) is 9.23 Å². The van der Waals surface area contributed by atoms with Crippen LogP contribution in [0.2, 0.25) is 0 Å². The number of methoxy groups -OCH3 is 1. The molecule has 2 rings (SSSR count). The summed E-state index contributed by atoms with van der Waals surface area (Å²) in [5.74, 6) is 0. The molecule has 0 atom stereocenters. The third-order valence-corrected chi connectivity index (χ3v) is 5.75. The molecule has 0 amide bonds. The van der Waals surface area contributed by atoms with Gasteiger partial charge < -0.3 is 0 Å². The van der Waals surface area contributed by atoms with Crippen LogP contribution in [-0.4, -0.2) is 22.1 Å². The summed E-state index contributed by atoms with van der Waals surface area (Å²) in [6.45, 7) is 0. The van der Waals surface area contributed by atoms with Crippen molar-refractivity contribution in [1.82, 2.24) is 0 Å². The average molecular weight is 347 g/mol. The molecule has 0 heterocycles. The van der Waals surface area contributed by atoms with E-state index in [9.17, 15) is 0 Å². The molecule has 0 aliphatic carbocycles. The van der Waals surface area contributed by atoms with Crippen molar-refractivity contribution >= 4 is 31.2 Å². The van der Waals surface area contributed by atoms with Crippen LogP contribution in [0.3, 0.4) is 0 Å². The van der Waals surface area contributed by atoms with Crippen LogP contribution in [-0.2, 0) is 4.74 Å². The second-order valence-electron chi connectivity index (χ2n) is 3.90. The molecule has 0 N–H and O–H groups in total. The Balaban J connectivity index is 2.09. The van der Waals surface area contributed by atoms with Gasteiger partial charge in [0.2, 0.25) is 0 Å². The Morgan fingerprint density at radius 2 is 1.65 bits per heavy atom. The van der Waals surface area contributed by atoms with E-state index in [0.717, 1.165) is 0 Å². The van der Waals surface area contributed by atoms with Crippen molar-refractivity contribution in [2.24, 2.45) is 0 Å². The van der Waals surface area contributed by atoms with Gasteiger partial charge in [-0.1, -0.05) is 0 Å². The Morgan fingerprint density at radius 1 is 1.00 bits per heavy atom. The minimum atomic E-state index is 0.290. The molecule has 2 aromatic rings. The van der Waals surface area contributed by atoms with Crippen LogP contribution in [0.15, 0.2) is 87.8 Å². The molecule has 1 nitrogen and oxygen atoms in total. The molecule has 0 saturated carbocycles. The summed E-state index contributed by atoms with van der Waals surface area (Å²) in [6, 6.07) is 20.9. The minimum absolute atomic E-state index is 0.290. The zero-order valence-electron chi connectivity index (χ0n) is 11.2. The number of hydrogen-bond acceptors (Lipinski definition) is 2. The standard InChI is InChI=1S/C17H16OSSe/c1-18-13-12-17(20-16-10-6-3-7-11-16)14-19-15-8-4-2-5-9-15/h2-14H,1H3/b13-12-,17-14-. The quantitative estimate of drug-likeness (QED) is 0.340. The summed E-state index contributed by atoms with van der Waals surface area (Å²) < 4.78 is 7.69. The molecule has 0 bridgehead atoms. The van der Waals surface area contributed by atoms with E-state index in [0.29, 0.717) is 0 Å². The average Bonchev–Trinajstić information content (AvgIpc) is 2.52. The Labute approximate surface area is 130 Å². The van der Waals surface area contributed by atoms with Gasteiger partial charge in [-0.2, -0.15) is 0 Å². The Morgan fingerprint density at radius 3 is 2.30 bits per heavy atom. The SMILES string of the molecule is CO/C=C\C(=C\Sc1ccccc1)[Se]c1ccccc1. The van der Waals surface area contributed by atoms with Gasteiger partial charge in [0.1, 0.15) is 0 Å². The van der Waals surface area contributed by atoms with Crippen LogP contribution in [0.25, 0.3) is 0 Å². The first-order chi connectivity index (χ1) is 9.88. The van der Waals surface area contributed by atoms with Crippen LogP contribution in [0.4, 0.5) is 0 Å². The van der Waals surface area contributed by atoms with Gasteiger partial charge in [-0.15, -0.1) is 0 Å². The van der Waals surface area contributed by atoms with E-state index in [4.69, 9.17) is 4.74 Å². The fraction of sp³-hybridized carbons (Fsp3) is 0.0588. The van der Waals surface area contributed by atoms with E-state index in [-0.39, 0.29) is 15.0 Å². The summed E-state index contributed by atoms with van der Waals surface area (Å²) in [5, 5.41) is 2.21. The first-order valence-electron chi connectivity index (χ1n) is 6.22. The molecule has 0 fully saturated rings. The Bertz CT molecular complexity index is 564. The van der Waals surface area contributed by atoms with Gasteiger partial charge in [-0.05, 0) is 0 Å². The maximum absolute atomic E-state index is 5.04. The summed E-state index contributed by atoms with van der Waals surface area (Å²) in [4.78, 5) is 1.25. The van der Waals surface area contributed by atoms with Crippen molar-refractivity contribution in [2.75, 3.05) is 7.11 Å². The van der Waals surface area contributed by atoms with E-state index >= 15 is 0 Å². The fourth-order valence-corrected chi connectivity index (χ4v) is 4.23. The summed E-state index contributed by atoms with van der Waals surface area (Å²) in [6.07, 6.45) is 3.78. The van der Waals surface area contributed by atoms with Crippen LogP contribution in [0, 0.1) is 0 Å². The molecule has 20 heavy (non-hydrogen) atoms. The number of thioether (sulfide) groups is 1. The van der Waals surface area contributed by atoms with Crippen molar-refractivity contribution in [3.05, 3.63) is 82.9 Å². The summed E-state index contributed by atoms with van der Waals surface area (Å²) in [5.41, 5.74) is 0. The fourth-order valence-electron chi connectivity index (χ4n) is 1.48. The van der Waals surface area contributed by atoms with Crippen LogP contribution in [0.1, 0.15) is 0 Å². The number of rotatable bonds is 6. The van der Waals surface area contributed by atoms with E-state index in [1.807, 2.05) is 18.2 Å². The first-order valence-corrected chi connectivity index (χ1v) is 8.82. The van der Waals surface area contributed by atoms with E-state index in [1.54, 1.807) is 25.1 Å². The molecule has 102 valence electrons. The van der Waals surface area contributed by atoms with E-state index in [2.05, 4.69) is 53.9 Å². The van der Waals surface area contributed by atoms with Crippen molar-refractivity contribution in [3.8, 4) is 0 Å². The van der Waals surface area contributed by atoms with Gasteiger partial charge in [-0.3, -0.25) is 0 Å². The normalized spacial score (nSPS) is 11.8. The van der Waals surface area contributed by atoms with Crippen molar-refractivity contribution < 1.29 is 4.74 Å². The van der Waals surface area contributed by atoms with Gasteiger partial charge in [0.25, 0.3) is 0 Å². The van der Waals surface area contributed by atoms with Crippen molar-refractivity contribution in [2.45, 2.75) is 4.90 Å². The predicted octanol–water partition coefficient (Wildman–Crippen LogP) is 3.81. The monoisotopic (exact) mass is 348 g/mol. The van der Waals surface area contributed by atoms with E-state index in [1.165, 1.54) is 13.8 Å². The zero-order chi connectivity index (χ0) is 14.0. The van der Waals surface area contributed by atoms with Crippen molar-refractivity contribution in [3.63, 3.8) is 0 Å². The molecule has 2 aromatic carbocycles. The van der Waals surface area contributed by atoms with Crippen LogP contribution < -0.4 is 4.46 Å². The molecule has 0 saturated heterocycles. The Kier molecular flexibility index (Phi) is 6.52. The summed E-state index contributed by atoms with van der Waals surface area (Å²) >= 11 is 2.03. The second-order valence-corrected chi connectivity index (χ2v) is 7.25. The third kappa shape index (κ3) is 5.30. The van der Waals surface area contributed by atoms with Gasteiger partial charge in [0.05, 0.1) is 0 Å². The third-order valence-electron chi connectivity index (χ3n) is 2.40. The van der Waals surface area contributed by atoms with Gasteiger partial charge in [0.15, 0.2) is 0 Å².